The van der Waals surface area contributed by atoms with E-state index in [0.29, 0.717) is 37.4 Å². The van der Waals surface area contributed by atoms with Crippen LogP contribution in [-0.2, 0) is 4.79 Å². The number of aromatic amines is 1. The Labute approximate surface area is 215 Å². The number of benzene rings is 1. The Kier molecular flexibility index (Phi) is 5.83. The van der Waals surface area contributed by atoms with E-state index < -0.39 is 17.5 Å². The molecule has 1 fully saturated rings. The van der Waals surface area contributed by atoms with Crippen molar-refractivity contribution < 1.29 is 18.7 Å². The lowest BCUT2D eigenvalue weighted by molar-refractivity contribution is -0.126. The van der Waals surface area contributed by atoms with Gasteiger partial charge in [-0.25, -0.2) is 24.3 Å². The monoisotopic (exact) mass is 512 g/mol. The average molecular weight is 513 g/mol. The first-order valence-corrected chi connectivity index (χ1v) is 11.9. The molecule has 12 heteroatoms. The lowest BCUT2D eigenvalue weighted by atomic mass is 10.1. The van der Waals surface area contributed by atoms with Crippen molar-refractivity contribution in [3.63, 3.8) is 0 Å². The molecule has 6 rings (SSSR count). The van der Waals surface area contributed by atoms with E-state index in [-0.39, 0.29) is 22.5 Å². The number of fused-ring (bicyclic) bond motifs is 2. The smallest absolute Gasteiger partial charge is 0.316 e. The van der Waals surface area contributed by atoms with Crippen molar-refractivity contribution in [2.24, 2.45) is 0 Å². The molecule has 1 amide bonds. The fourth-order valence-corrected chi connectivity index (χ4v) is 4.67. The average Bonchev–Trinajstić information content (AvgIpc) is 3.43. The largest absolute Gasteiger partial charge is 0.467 e. The molecule has 1 saturated heterocycles. The molecule has 0 spiro atoms. The fraction of sp³-hybridized carbons (Fsp3) is 0.192. The van der Waals surface area contributed by atoms with Crippen LogP contribution in [0.5, 0.6) is 6.01 Å². The maximum atomic E-state index is 14.9. The van der Waals surface area contributed by atoms with Crippen LogP contribution in [0.15, 0.2) is 55.4 Å². The molecule has 0 bridgehead atoms. The molecule has 1 aliphatic rings. The number of amides is 1. The van der Waals surface area contributed by atoms with Gasteiger partial charge >= 0.3 is 6.01 Å². The number of nitrogens with one attached hydrogen (secondary N) is 1. The number of carbonyl (C=O) groups is 2. The molecule has 1 N–H and O–H groups in total. The number of carbonyl (C=O) groups excluding carboxylic acids is 2. The molecular weight excluding hydrogens is 491 g/mol. The minimum absolute atomic E-state index is 0.00439. The molecule has 0 saturated carbocycles. The third kappa shape index (κ3) is 3.95. The van der Waals surface area contributed by atoms with Crippen LogP contribution in [0.25, 0.3) is 33.1 Å². The standard InChI is InChI=1S/C26H21FN8O3/c1-38-26-30-10-15(11-31-26)21-22-20(18(27)13-29-21)17(12-28-22)23(36)25(37)35-8-6-34(7-9-35)24-16-4-2-3-5-19(16)32-14-33-24/h2-5,10-14,28H,6-9H2,1H3. The molecule has 4 aromatic heterocycles. The van der Waals surface area contributed by atoms with Gasteiger partial charge in [0.15, 0.2) is 5.82 Å². The van der Waals surface area contributed by atoms with Gasteiger partial charge in [0.05, 0.1) is 41.0 Å². The van der Waals surface area contributed by atoms with Crippen molar-refractivity contribution in [2.75, 3.05) is 38.2 Å². The summed E-state index contributed by atoms with van der Waals surface area (Å²) in [4.78, 5) is 53.9. The number of hydrogen-bond donors (Lipinski definition) is 1. The second kappa shape index (κ2) is 9.47. The SMILES string of the molecule is COc1ncc(-c2ncc(F)c3c(C(=O)C(=O)N4CCN(c5ncnc6ccccc56)CC4)c[nH]c23)cn1. The van der Waals surface area contributed by atoms with Crippen LogP contribution in [-0.4, -0.2) is 79.8 Å². The van der Waals surface area contributed by atoms with Gasteiger partial charge in [0, 0.05) is 55.7 Å². The summed E-state index contributed by atoms with van der Waals surface area (Å²) in [6.07, 6.45) is 6.85. The first-order chi connectivity index (χ1) is 18.5. The number of ketones is 1. The van der Waals surface area contributed by atoms with Crippen molar-refractivity contribution in [1.29, 1.82) is 0 Å². The van der Waals surface area contributed by atoms with Crippen LogP contribution >= 0.6 is 0 Å². The number of aromatic nitrogens is 6. The zero-order chi connectivity index (χ0) is 26.2. The third-order valence-corrected chi connectivity index (χ3v) is 6.57. The van der Waals surface area contributed by atoms with Crippen LogP contribution in [0, 0.1) is 5.82 Å². The Morgan fingerprint density at radius 3 is 2.50 bits per heavy atom. The molecule has 0 radical (unpaired) electrons. The maximum Gasteiger partial charge on any atom is 0.316 e. The summed E-state index contributed by atoms with van der Waals surface area (Å²) in [5, 5.41) is 0.919. The van der Waals surface area contributed by atoms with Gasteiger partial charge in [0.1, 0.15) is 12.1 Å². The van der Waals surface area contributed by atoms with Crippen molar-refractivity contribution in [3.05, 3.63) is 66.8 Å². The van der Waals surface area contributed by atoms with Gasteiger partial charge in [-0.3, -0.25) is 14.6 Å². The van der Waals surface area contributed by atoms with E-state index in [1.54, 1.807) is 0 Å². The van der Waals surface area contributed by atoms with E-state index in [0.717, 1.165) is 22.9 Å². The fourth-order valence-electron chi connectivity index (χ4n) is 4.67. The Bertz CT molecular complexity index is 1670. The highest BCUT2D eigenvalue weighted by molar-refractivity contribution is 6.45. The van der Waals surface area contributed by atoms with Gasteiger partial charge in [-0.15, -0.1) is 0 Å². The van der Waals surface area contributed by atoms with Crippen LogP contribution < -0.4 is 9.64 Å². The normalized spacial score (nSPS) is 13.7. The number of piperazine rings is 1. The Morgan fingerprint density at radius 1 is 0.974 bits per heavy atom. The number of para-hydroxylation sites is 1. The van der Waals surface area contributed by atoms with Gasteiger partial charge in [0.25, 0.3) is 11.7 Å². The molecule has 0 atom stereocenters. The summed E-state index contributed by atoms with van der Waals surface area (Å²) in [5.74, 6) is -1.41. The molecule has 5 aromatic rings. The number of rotatable bonds is 5. The van der Waals surface area contributed by atoms with Crippen LogP contribution in [0.1, 0.15) is 10.4 Å². The summed E-state index contributed by atoms with van der Waals surface area (Å²) in [7, 11) is 1.45. The van der Waals surface area contributed by atoms with Crippen molar-refractivity contribution in [2.45, 2.75) is 0 Å². The zero-order valence-corrected chi connectivity index (χ0v) is 20.3. The molecule has 0 unspecified atom stereocenters. The van der Waals surface area contributed by atoms with Gasteiger partial charge in [0.2, 0.25) is 0 Å². The number of ether oxygens (including phenoxy) is 1. The quantitative estimate of drug-likeness (QED) is 0.279. The number of H-pyrrole nitrogens is 1. The number of nitrogens with zero attached hydrogens (tertiary/aromatic N) is 7. The summed E-state index contributed by atoms with van der Waals surface area (Å²) >= 11 is 0. The number of halogens is 1. The first-order valence-electron chi connectivity index (χ1n) is 11.9. The molecule has 5 heterocycles. The van der Waals surface area contributed by atoms with Crippen molar-refractivity contribution in [3.8, 4) is 17.3 Å². The Morgan fingerprint density at radius 2 is 1.74 bits per heavy atom. The first kappa shape index (κ1) is 23.4. The molecule has 11 nitrogen and oxygen atoms in total. The van der Waals surface area contributed by atoms with Crippen LogP contribution in [0.2, 0.25) is 0 Å². The highest BCUT2D eigenvalue weighted by atomic mass is 19.1. The number of Topliss-reactive ketones (excluding diaryl/α,β-unsaturated/α-hetero) is 1. The van der Waals surface area contributed by atoms with Crippen molar-refractivity contribution in [1.82, 2.24) is 34.8 Å². The minimum Gasteiger partial charge on any atom is -0.467 e. The number of methoxy groups -OCH3 is 1. The third-order valence-electron chi connectivity index (χ3n) is 6.57. The Balaban J connectivity index is 1.23. The minimum atomic E-state index is -0.792. The second-order valence-corrected chi connectivity index (χ2v) is 8.69. The Hall–Kier alpha value is -5.00. The van der Waals surface area contributed by atoms with Crippen LogP contribution in [0.4, 0.5) is 10.2 Å². The van der Waals surface area contributed by atoms with Crippen molar-refractivity contribution >= 4 is 39.3 Å². The summed E-state index contributed by atoms with van der Waals surface area (Å²) in [6.45, 7) is 1.63. The highest BCUT2D eigenvalue weighted by Gasteiger charge is 2.30. The summed E-state index contributed by atoms with van der Waals surface area (Å²) < 4.78 is 19.9. The topological polar surface area (TPSA) is 130 Å². The molecular formula is C26H21FN8O3. The lowest BCUT2D eigenvalue weighted by Crippen LogP contribution is -2.51. The predicted octanol–water partition coefficient (Wildman–Crippen LogP) is 2.64. The second-order valence-electron chi connectivity index (χ2n) is 8.69. The van der Waals surface area contributed by atoms with Gasteiger partial charge in [-0.05, 0) is 12.1 Å². The molecule has 0 aliphatic carbocycles. The summed E-state index contributed by atoms with van der Waals surface area (Å²) in [5.41, 5.74) is 1.90. The van der Waals surface area contributed by atoms with E-state index in [4.69, 9.17) is 4.74 Å². The van der Waals surface area contributed by atoms with E-state index in [1.165, 1.54) is 36.9 Å². The van der Waals surface area contributed by atoms with Gasteiger partial charge in [-0.1, -0.05) is 12.1 Å². The summed E-state index contributed by atoms with van der Waals surface area (Å²) in [6, 6.07) is 7.89. The van der Waals surface area contributed by atoms with E-state index >= 15 is 0 Å². The maximum absolute atomic E-state index is 14.9. The molecule has 190 valence electrons. The highest BCUT2D eigenvalue weighted by Crippen LogP contribution is 2.30. The predicted molar refractivity (Wildman–Crippen MR) is 136 cm³/mol. The van der Waals surface area contributed by atoms with Gasteiger partial charge < -0.3 is 19.5 Å². The number of pyridine rings is 1. The van der Waals surface area contributed by atoms with E-state index in [9.17, 15) is 14.0 Å². The molecule has 1 aliphatic heterocycles. The zero-order valence-electron chi connectivity index (χ0n) is 20.3. The lowest BCUT2D eigenvalue weighted by Gasteiger charge is -2.35. The number of hydrogen-bond acceptors (Lipinski definition) is 9. The molecule has 38 heavy (non-hydrogen) atoms. The van der Waals surface area contributed by atoms with Gasteiger partial charge in [-0.2, -0.15) is 0 Å². The number of anilines is 1. The van der Waals surface area contributed by atoms with Crippen LogP contribution in [0.3, 0.4) is 0 Å². The molecule has 1 aromatic carbocycles. The van der Waals surface area contributed by atoms with E-state index in [1.807, 2.05) is 24.3 Å². The van der Waals surface area contributed by atoms with E-state index in [2.05, 4.69) is 34.8 Å².